The molecule has 3 heterocycles. The maximum Gasteiger partial charge on any atom is 0.272 e. The number of hydrogen-bond acceptors (Lipinski definition) is 6. The van der Waals surface area contributed by atoms with Gasteiger partial charge in [0.1, 0.15) is 18.1 Å². The molecule has 0 unspecified atom stereocenters. The molecular weight excluding hydrogens is 404 g/mol. The van der Waals surface area contributed by atoms with Crippen LogP contribution in [-0.4, -0.2) is 86.3 Å². The molecule has 2 saturated heterocycles. The largest absolute Gasteiger partial charge is 0.491 e. The molecule has 0 radical (unpaired) electrons. The number of carbonyl (C=O) groups is 1. The normalized spacial score (nSPS) is 17.8. The van der Waals surface area contributed by atoms with E-state index in [4.69, 9.17) is 21.1 Å². The number of amides is 1. The van der Waals surface area contributed by atoms with Gasteiger partial charge in [-0.2, -0.15) is 0 Å². The minimum Gasteiger partial charge on any atom is -0.491 e. The molecule has 2 fully saturated rings. The average molecular weight is 431 g/mol. The van der Waals surface area contributed by atoms with Crippen molar-refractivity contribution < 1.29 is 14.3 Å². The number of aromatic nitrogens is 1. The predicted octanol–water partition coefficient (Wildman–Crippen LogP) is 2.41. The van der Waals surface area contributed by atoms with E-state index in [0.717, 1.165) is 38.4 Å². The third-order valence-corrected chi connectivity index (χ3v) is 5.81. The SMILES string of the molecule is O=C(c1cc(N2CCOCC2)ccn1)N1CCN(CCOc2ccccc2Cl)CC1. The number of anilines is 1. The van der Waals surface area contributed by atoms with E-state index < -0.39 is 0 Å². The number of hydrogen-bond donors (Lipinski definition) is 0. The quantitative estimate of drug-likeness (QED) is 0.701. The summed E-state index contributed by atoms with van der Waals surface area (Å²) >= 11 is 6.12. The van der Waals surface area contributed by atoms with Gasteiger partial charge in [0.25, 0.3) is 5.91 Å². The Morgan fingerprint density at radius 1 is 1.07 bits per heavy atom. The Morgan fingerprint density at radius 2 is 1.83 bits per heavy atom. The molecule has 0 aliphatic carbocycles. The van der Waals surface area contributed by atoms with E-state index in [9.17, 15) is 4.79 Å². The molecule has 2 aromatic rings. The summed E-state index contributed by atoms with van der Waals surface area (Å²) in [6.07, 6.45) is 1.72. The van der Waals surface area contributed by atoms with E-state index in [1.54, 1.807) is 6.20 Å². The van der Waals surface area contributed by atoms with Gasteiger partial charge in [0.2, 0.25) is 0 Å². The number of halogens is 1. The van der Waals surface area contributed by atoms with Crippen molar-refractivity contribution in [3.63, 3.8) is 0 Å². The lowest BCUT2D eigenvalue weighted by atomic mass is 10.2. The number of piperazine rings is 1. The molecule has 0 atom stereocenters. The van der Waals surface area contributed by atoms with Crippen molar-refractivity contribution in [3.8, 4) is 5.75 Å². The van der Waals surface area contributed by atoms with E-state index in [-0.39, 0.29) is 5.91 Å². The molecule has 160 valence electrons. The summed E-state index contributed by atoms with van der Waals surface area (Å²) in [6.45, 7) is 7.50. The second-order valence-corrected chi connectivity index (χ2v) is 7.82. The van der Waals surface area contributed by atoms with E-state index in [2.05, 4.69) is 14.8 Å². The van der Waals surface area contributed by atoms with Gasteiger partial charge in [0.05, 0.1) is 18.2 Å². The van der Waals surface area contributed by atoms with Crippen molar-refractivity contribution in [2.45, 2.75) is 0 Å². The number of ether oxygens (including phenoxy) is 2. The second-order valence-electron chi connectivity index (χ2n) is 7.41. The van der Waals surface area contributed by atoms with Gasteiger partial charge in [-0.1, -0.05) is 23.7 Å². The van der Waals surface area contributed by atoms with Crippen molar-refractivity contribution in [1.29, 1.82) is 0 Å². The van der Waals surface area contributed by atoms with Crippen LogP contribution in [0.25, 0.3) is 0 Å². The number of morpholine rings is 1. The molecule has 8 heteroatoms. The molecule has 1 amide bonds. The first kappa shape index (κ1) is 20.9. The van der Waals surface area contributed by atoms with Gasteiger partial charge in [0.15, 0.2) is 0 Å². The Labute approximate surface area is 182 Å². The smallest absolute Gasteiger partial charge is 0.272 e. The first-order chi connectivity index (χ1) is 14.7. The highest BCUT2D eigenvalue weighted by molar-refractivity contribution is 6.32. The third kappa shape index (κ3) is 5.22. The zero-order chi connectivity index (χ0) is 20.8. The summed E-state index contributed by atoms with van der Waals surface area (Å²) in [6, 6.07) is 11.3. The second kappa shape index (κ2) is 10.1. The molecule has 2 aliphatic heterocycles. The highest BCUT2D eigenvalue weighted by Gasteiger charge is 2.23. The molecule has 1 aromatic carbocycles. The fourth-order valence-corrected chi connectivity index (χ4v) is 3.93. The highest BCUT2D eigenvalue weighted by atomic mass is 35.5. The number of para-hydroxylation sites is 1. The zero-order valence-electron chi connectivity index (χ0n) is 17.0. The number of nitrogens with zero attached hydrogens (tertiary/aromatic N) is 4. The van der Waals surface area contributed by atoms with Crippen molar-refractivity contribution in [3.05, 3.63) is 53.3 Å². The summed E-state index contributed by atoms with van der Waals surface area (Å²) in [5.74, 6) is 0.705. The number of pyridine rings is 1. The summed E-state index contributed by atoms with van der Waals surface area (Å²) < 4.78 is 11.2. The Bertz CT molecular complexity index is 852. The number of benzene rings is 1. The van der Waals surface area contributed by atoms with Gasteiger partial charge >= 0.3 is 0 Å². The van der Waals surface area contributed by atoms with Crippen molar-refractivity contribution >= 4 is 23.2 Å². The van der Waals surface area contributed by atoms with Crippen LogP contribution in [0.1, 0.15) is 10.5 Å². The summed E-state index contributed by atoms with van der Waals surface area (Å²) in [5, 5.41) is 0.625. The molecular formula is C22H27ClN4O3. The van der Waals surface area contributed by atoms with Crippen LogP contribution >= 0.6 is 11.6 Å². The first-order valence-corrected chi connectivity index (χ1v) is 10.8. The van der Waals surface area contributed by atoms with Gasteiger partial charge < -0.3 is 19.3 Å². The third-order valence-electron chi connectivity index (χ3n) is 5.50. The van der Waals surface area contributed by atoms with Gasteiger partial charge in [-0.15, -0.1) is 0 Å². The molecule has 1 aromatic heterocycles. The summed E-state index contributed by atoms with van der Waals surface area (Å²) in [4.78, 5) is 23.7. The Balaban J connectivity index is 1.25. The Hall–Kier alpha value is -2.35. The van der Waals surface area contributed by atoms with Gasteiger partial charge in [-0.05, 0) is 24.3 Å². The molecule has 2 aliphatic rings. The first-order valence-electron chi connectivity index (χ1n) is 10.4. The molecule has 0 spiro atoms. The minimum atomic E-state index is -0.00271. The van der Waals surface area contributed by atoms with E-state index in [1.807, 2.05) is 41.3 Å². The monoisotopic (exact) mass is 430 g/mol. The van der Waals surface area contributed by atoms with Crippen LogP contribution in [0, 0.1) is 0 Å². The fourth-order valence-electron chi connectivity index (χ4n) is 3.74. The van der Waals surface area contributed by atoms with Crippen LogP contribution in [0.5, 0.6) is 5.75 Å². The lowest BCUT2D eigenvalue weighted by Gasteiger charge is -2.34. The molecule has 4 rings (SSSR count). The lowest BCUT2D eigenvalue weighted by molar-refractivity contribution is 0.0614. The van der Waals surface area contributed by atoms with Crippen molar-refractivity contribution in [2.75, 3.05) is 70.5 Å². The Morgan fingerprint density at radius 3 is 2.60 bits per heavy atom. The standard InChI is InChI=1S/C22H27ClN4O3/c23-19-3-1-2-4-21(19)30-16-11-25-7-9-27(10-8-25)22(28)20-17-18(5-6-24-20)26-12-14-29-15-13-26/h1-6,17H,7-16H2. The predicted molar refractivity (Wildman–Crippen MR) is 117 cm³/mol. The maximum atomic E-state index is 12.9. The molecule has 7 nitrogen and oxygen atoms in total. The van der Waals surface area contributed by atoms with Crippen LogP contribution in [0.3, 0.4) is 0 Å². The van der Waals surface area contributed by atoms with E-state index in [1.165, 1.54) is 0 Å². The van der Waals surface area contributed by atoms with Crippen molar-refractivity contribution in [2.24, 2.45) is 0 Å². The van der Waals surface area contributed by atoms with Crippen molar-refractivity contribution in [1.82, 2.24) is 14.8 Å². The van der Waals surface area contributed by atoms with Gasteiger partial charge in [0, 0.05) is 57.7 Å². The molecule has 0 bridgehead atoms. The van der Waals surface area contributed by atoms with Crippen LogP contribution in [0.4, 0.5) is 5.69 Å². The van der Waals surface area contributed by atoms with Gasteiger partial charge in [-0.3, -0.25) is 14.7 Å². The van der Waals surface area contributed by atoms with Crippen LogP contribution in [0.15, 0.2) is 42.6 Å². The zero-order valence-corrected chi connectivity index (χ0v) is 17.8. The summed E-state index contributed by atoms with van der Waals surface area (Å²) in [5.41, 5.74) is 1.54. The number of rotatable bonds is 6. The Kier molecular flexibility index (Phi) is 7.04. The summed E-state index contributed by atoms with van der Waals surface area (Å²) in [7, 11) is 0. The van der Waals surface area contributed by atoms with E-state index in [0.29, 0.717) is 49.4 Å². The average Bonchev–Trinajstić information content (AvgIpc) is 2.81. The topological polar surface area (TPSA) is 58.1 Å². The van der Waals surface area contributed by atoms with Crippen LogP contribution in [0.2, 0.25) is 5.02 Å². The molecule has 0 saturated carbocycles. The fraction of sp³-hybridized carbons (Fsp3) is 0.455. The van der Waals surface area contributed by atoms with Crippen LogP contribution < -0.4 is 9.64 Å². The highest BCUT2D eigenvalue weighted by Crippen LogP contribution is 2.23. The number of carbonyl (C=O) groups excluding carboxylic acids is 1. The maximum absolute atomic E-state index is 12.9. The van der Waals surface area contributed by atoms with E-state index >= 15 is 0 Å². The minimum absolute atomic E-state index is 0.00271. The van der Waals surface area contributed by atoms with Gasteiger partial charge in [-0.25, -0.2) is 0 Å². The molecule has 30 heavy (non-hydrogen) atoms. The molecule has 0 N–H and O–H groups in total. The lowest BCUT2D eigenvalue weighted by Crippen LogP contribution is -2.49. The van der Waals surface area contributed by atoms with Crippen LogP contribution in [-0.2, 0) is 4.74 Å².